The van der Waals surface area contributed by atoms with Crippen LogP contribution in [-0.2, 0) is 0 Å². The monoisotopic (exact) mass is 298 g/mol. The number of amides is 1. The fourth-order valence-corrected chi connectivity index (χ4v) is 2.05. The van der Waals surface area contributed by atoms with Crippen molar-refractivity contribution in [2.24, 2.45) is 11.7 Å². The molecule has 0 spiro atoms. The van der Waals surface area contributed by atoms with E-state index < -0.39 is 0 Å². The predicted octanol–water partition coefficient (Wildman–Crippen LogP) is 1.62. The van der Waals surface area contributed by atoms with Crippen molar-refractivity contribution in [2.45, 2.75) is 18.9 Å². The third kappa shape index (κ3) is 3.20. The van der Waals surface area contributed by atoms with Crippen molar-refractivity contribution in [3.63, 3.8) is 0 Å². The molecule has 0 bridgehead atoms. The maximum Gasteiger partial charge on any atom is 0.255 e. The molecule has 2 rings (SSSR count). The first-order valence-electron chi connectivity index (χ1n) is 5.60. The second-order valence-electron chi connectivity index (χ2n) is 4.37. The van der Waals surface area contributed by atoms with E-state index in [0.29, 0.717) is 12.5 Å². The molecule has 0 aromatic heterocycles. The number of hydrogen-bond donors (Lipinski definition) is 3. The van der Waals surface area contributed by atoms with Gasteiger partial charge in [0.25, 0.3) is 5.91 Å². The number of carbonyl (C=O) groups excluding carboxylic acids is 1. The van der Waals surface area contributed by atoms with E-state index in [1.165, 1.54) is 6.07 Å². The van der Waals surface area contributed by atoms with Crippen molar-refractivity contribution in [3.8, 4) is 5.75 Å². The first-order valence-corrected chi connectivity index (χ1v) is 6.39. The zero-order valence-electron chi connectivity index (χ0n) is 9.32. The first kappa shape index (κ1) is 12.4. The van der Waals surface area contributed by atoms with Gasteiger partial charge in [0.2, 0.25) is 0 Å². The van der Waals surface area contributed by atoms with Gasteiger partial charge in [0.1, 0.15) is 5.75 Å². The Hall–Kier alpha value is -1.07. The molecule has 1 aromatic carbocycles. The van der Waals surface area contributed by atoms with Crippen LogP contribution in [0.15, 0.2) is 22.7 Å². The van der Waals surface area contributed by atoms with Crippen molar-refractivity contribution < 1.29 is 9.90 Å². The Balaban J connectivity index is 1.96. The second kappa shape index (κ2) is 5.06. The minimum atomic E-state index is -0.292. The highest BCUT2D eigenvalue weighted by atomic mass is 79.9. The summed E-state index contributed by atoms with van der Waals surface area (Å²) in [6.45, 7) is 0.454. The van der Waals surface area contributed by atoms with Gasteiger partial charge in [-0.3, -0.25) is 4.79 Å². The third-order valence-corrected chi connectivity index (χ3v) is 3.42. The predicted molar refractivity (Wildman–Crippen MR) is 68.8 cm³/mol. The van der Waals surface area contributed by atoms with Gasteiger partial charge in [-0.15, -0.1) is 0 Å². The lowest BCUT2D eigenvalue weighted by atomic mass is 10.1. The van der Waals surface area contributed by atoms with Crippen LogP contribution in [0, 0.1) is 5.92 Å². The zero-order valence-corrected chi connectivity index (χ0v) is 10.9. The van der Waals surface area contributed by atoms with E-state index in [1.54, 1.807) is 12.1 Å². The Kier molecular flexibility index (Phi) is 3.69. The van der Waals surface area contributed by atoms with Crippen molar-refractivity contribution in [2.75, 3.05) is 6.54 Å². The smallest absolute Gasteiger partial charge is 0.255 e. The van der Waals surface area contributed by atoms with Crippen LogP contribution in [-0.4, -0.2) is 23.6 Å². The Morgan fingerprint density at radius 2 is 2.29 bits per heavy atom. The number of phenolic OH excluding ortho intramolecular Hbond substituents is 1. The molecule has 1 saturated carbocycles. The van der Waals surface area contributed by atoms with E-state index >= 15 is 0 Å². The molecule has 0 aliphatic heterocycles. The number of rotatable bonds is 4. The van der Waals surface area contributed by atoms with Crippen LogP contribution in [0.4, 0.5) is 0 Å². The molecule has 92 valence electrons. The lowest BCUT2D eigenvalue weighted by molar-refractivity contribution is 0.0947. The van der Waals surface area contributed by atoms with Gasteiger partial charge in [-0.1, -0.05) is 15.9 Å². The molecule has 17 heavy (non-hydrogen) atoms. The van der Waals surface area contributed by atoms with Gasteiger partial charge in [0, 0.05) is 17.1 Å². The van der Waals surface area contributed by atoms with E-state index in [9.17, 15) is 9.90 Å². The number of carbonyl (C=O) groups is 1. The molecule has 1 fully saturated rings. The van der Waals surface area contributed by atoms with E-state index in [0.717, 1.165) is 17.3 Å². The van der Waals surface area contributed by atoms with Gasteiger partial charge >= 0.3 is 0 Å². The van der Waals surface area contributed by atoms with E-state index in [4.69, 9.17) is 5.73 Å². The molecular formula is C12H15BrN2O2. The fourth-order valence-electron chi connectivity index (χ4n) is 1.69. The summed E-state index contributed by atoms with van der Waals surface area (Å²) in [7, 11) is 0. The molecule has 1 atom stereocenters. The minimum Gasteiger partial charge on any atom is -0.507 e. The summed E-state index contributed by atoms with van der Waals surface area (Å²) in [6.07, 6.45) is 2.30. The van der Waals surface area contributed by atoms with Crippen LogP contribution in [0.3, 0.4) is 0 Å². The van der Waals surface area contributed by atoms with Gasteiger partial charge in [-0.05, 0) is 37.0 Å². The summed E-state index contributed by atoms with van der Waals surface area (Å²) in [6, 6.07) is 4.78. The molecule has 5 heteroatoms. The normalized spacial score (nSPS) is 16.6. The van der Waals surface area contributed by atoms with E-state index in [-0.39, 0.29) is 23.3 Å². The highest BCUT2D eigenvalue weighted by Gasteiger charge is 2.28. The van der Waals surface area contributed by atoms with Gasteiger partial charge in [0.05, 0.1) is 5.56 Å². The highest BCUT2D eigenvalue weighted by molar-refractivity contribution is 9.10. The summed E-state index contributed by atoms with van der Waals surface area (Å²) in [5.74, 6) is 0.233. The highest BCUT2D eigenvalue weighted by Crippen LogP contribution is 2.31. The Labute approximate surface area is 108 Å². The molecule has 4 nitrogen and oxygen atoms in total. The van der Waals surface area contributed by atoms with E-state index in [1.807, 2.05) is 0 Å². The Morgan fingerprint density at radius 1 is 1.59 bits per heavy atom. The van der Waals surface area contributed by atoms with Crippen LogP contribution in [0.1, 0.15) is 23.2 Å². The SMILES string of the molecule is NC(CNC(=O)c1cc(Br)ccc1O)C1CC1. The Bertz CT molecular complexity index is 433. The number of aromatic hydroxyl groups is 1. The number of halogens is 1. The van der Waals surface area contributed by atoms with Crippen molar-refractivity contribution in [1.29, 1.82) is 0 Å². The van der Waals surface area contributed by atoms with Crippen LogP contribution in [0.2, 0.25) is 0 Å². The molecule has 0 heterocycles. The lowest BCUT2D eigenvalue weighted by Gasteiger charge is -2.12. The number of nitrogens with one attached hydrogen (secondary N) is 1. The quantitative estimate of drug-likeness (QED) is 0.791. The number of benzene rings is 1. The van der Waals surface area contributed by atoms with Gasteiger partial charge in [-0.2, -0.15) is 0 Å². The van der Waals surface area contributed by atoms with Crippen molar-refractivity contribution >= 4 is 21.8 Å². The number of phenols is 1. The number of nitrogens with two attached hydrogens (primary N) is 1. The summed E-state index contributed by atoms with van der Waals surface area (Å²) >= 11 is 3.26. The molecule has 0 saturated heterocycles. The second-order valence-corrected chi connectivity index (χ2v) is 5.29. The summed E-state index contributed by atoms with van der Waals surface area (Å²) in [5, 5.41) is 12.3. The molecule has 1 aromatic rings. The van der Waals surface area contributed by atoms with Gasteiger partial charge in [-0.25, -0.2) is 0 Å². The molecule has 1 aliphatic carbocycles. The van der Waals surface area contributed by atoms with Crippen LogP contribution in [0.5, 0.6) is 5.75 Å². The fraction of sp³-hybridized carbons (Fsp3) is 0.417. The maximum atomic E-state index is 11.8. The average Bonchev–Trinajstić information content (AvgIpc) is 3.12. The van der Waals surface area contributed by atoms with E-state index in [2.05, 4.69) is 21.2 Å². The Morgan fingerprint density at radius 3 is 2.94 bits per heavy atom. The zero-order chi connectivity index (χ0) is 12.4. The van der Waals surface area contributed by atoms with Gasteiger partial charge in [0.15, 0.2) is 0 Å². The summed E-state index contributed by atoms with van der Waals surface area (Å²) in [5.41, 5.74) is 6.15. The van der Waals surface area contributed by atoms with Crippen LogP contribution >= 0.6 is 15.9 Å². The van der Waals surface area contributed by atoms with Crippen LogP contribution in [0.25, 0.3) is 0 Å². The van der Waals surface area contributed by atoms with Gasteiger partial charge < -0.3 is 16.2 Å². The maximum absolute atomic E-state index is 11.8. The summed E-state index contributed by atoms with van der Waals surface area (Å²) in [4.78, 5) is 11.8. The summed E-state index contributed by atoms with van der Waals surface area (Å²) < 4.78 is 0.756. The molecule has 0 radical (unpaired) electrons. The number of hydrogen-bond acceptors (Lipinski definition) is 3. The molecular weight excluding hydrogens is 284 g/mol. The molecule has 1 unspecified atom stereocenters. The third-order valence-electron chi connectivity index (χ3n) is 2.93. The molecule has 1 aliphatic rings. The standard InChI is InChI=1S/C12H15BrN2O2/c13-8-3-4-11(16)9(5-8)12(17)15-6-10(14)7-1-2-7/h3-5,7,10,16H,1-2,6,14H2,(H,15,17). The largest absolute Gasteiger partial charge is 0.507 e. The topological polar surface area (TPSA) is 75.3 Å². The van der Waals surface area contributed by atoms with Crippen molar-refractivity contribution in [3.05, 3.63) is 28.2 Å². The van der Waals surface area contributed by atoms with Crippen molar-refractivity contribution in [1.82, 2.24) is 5.32 Å². The molecule has 4 N–H and O–H groups in total. The first-order chi connectivity index (χ1) is 8.08. The minimum absolute atomic E-state index is 0.0215. The van der Waals surface area contributed by atoms with Crippen LogP contribution < -0.4 is 11.1 Å². The lowest BCUT2D eigenvalue weighted by Crippen LogP contribution is -2.38. The average molecular weight is 299 g/mol. The molecule has 1 amide bonds.